The maximum absolute atomic E-state index is 4.47. The van der Waals surface area contributed by atoms with E-state index in [1.807, 2.05) is 129 Å². The average molecular weight is 1550 g/mol. The van der Waals surface area contributed by atoms with Crippen LogP contribution in [0.15, 0.2) is 158 Å². The minimum atomic E-state index is 0. The van der Waals surface area contributed by atoms with E-state index in [1.54, 1.807) is 0 Å². The third kappa shape index (κ3) is 20.5. The zero-order valence-corrected chi connectivity index (χ0v) is 47.3. The summed E-state index contributed by atoms with van der Waals surface area (Å²) in [5, 5.41) is 0. The Balaban J connectivity index is 0.000000419. The standard InChI is InChI=1S/2C15H16N.2C13H12N.4Ir/c1-12(2)10-13-8-9-16-15(11-13)14-6-4-3-5-7-14;1-12(2)10-13-8-9-15(16-11-13)14-6-4-3-5-7-14;1-10-5-3-7-12(9-10)13-8-4-6-11(2)14-13;1-10-8-11(2)14-13(9-10)12-6-4-3-5-7-12;;;;/h2*3-6,8-9,11-12H,10H2,1-2H3;2*3-6,8-9H,1-2H3;;;;/q4*-1;;;;. The van der Waals surface area contributed by atoms with E-state index < -0.39 is 0 Å². The van der Waals surface area contributed by atoms with Gasteiger partial charge < -0.3 is 19.9 Å². The number of aryl methyl sites for hydroxylation is 4. The van der Waals surface area contributed by atoms with Gasteiger partial charge >= 0.3 is 0 Å². The van der Waals surface area contributed by atoms with Gasteiger partial charge in [-0.25, -0.2) is 0 Å². The molecule has 0 N–H and O–H groups in total. The molecule has 0 bridgehead atoms. The molecule has 8 rings (SSSR count). The van der Waals surface area contributed by atoms with E-state index in [4.69, 9.17) is 0 Å². The molecule has 0 saturated heterocycles. The maximum atomic E-state index is 4.47. The number of nitrogens with zero attached hydrogens (tertiary/aromatic N) is 4. The van der Waals surface area contributed by atoms with E-state index in [0.29, 0.717) is 11.8 Å². The van der Waals surface area contributed by atoms with Crippen molar-refractivity contribution in [2.45, 2.75) is 68.2 Å². The Hall–Kier alpha value is -3.92. The molecule has 340 valence electrons. The first-order valence-corrected chi connectivity index (χ1v) is 20.7. The number of hydrogen-bond acceptors (Lipinski definition) is 4. The fourth-order valence-electron chi connectivity index (χ4n) is 6.45. The van der Waals surface area contributed by atoms with Gasteiger partial charge in [-0.2, -0.15) is 0 Å². The second-order valence-corrected chi connectivity index (χ2v) is 15.7. The van der Waals surface area contributed by atoms with E-state index in [2.05, 4.69) is 128 Å². The molecule has 0 aliphatic carbocycles. The molecule has 0 saturated carbocycles. The van der Waals surface area contributed by atoms with Crippen LogP contribution in [0.5, 0.6) is 0 Å². The van der Waals surface area contributed by atoms with Crippen LogP contribution in [0.3, 0.4) is 0 Å². The van der Waals surface area contributed by atoms with Crippen molar-refractivity contribution in [3.8, 4) is 45.0 Å². The van der Waals surface area contributed by atoms with Crippen LogP contribution in [0.25, 0.3) is 45.0 Å². The van der Waals surface area contributed by atoms with Gasteiger partial charge in [0.1, 0.15) is 0 Å². The summed E-state index contributed by atoms with van der Waals surface area (Å²) in [7, 11) is 0. The summed E-state index contributed by atoms with van der Waals surface area (Å²) in [6.07, 6.45) is 6.04. The normalized spacial score (nSPS) is 9.78. The Bertz CT molecular complexity index is 2420. The molecule has 0 unspecified atom stereocenters. The first-order valence-electron chi connectivity index (χ1n) is 20.7. The van der Waals surface area contributed by atoms with E-state index in [9.17, 15) is 0 Å². The number of benzene rings is 4. The Morgan fingerprint density at radius 1 is 0.406 bits per heavy atom. The number of aromatic nitrogens is 4. The minimum absolute atomic E-state index is 0. The molecular weight excluding hydrogens is 1500 g/mol. The monoisotopic (exact) mass is 1560 g/mol. The quantitative estimate of drug-likeness (QED) is 0.142. The van der Waals surface area contributed by atoms with Crippen molar-refractivity contribution in [3.05, 3.63) is 216 Å². The molecule has 64 heavy (non-hydrogen) atoms. The van der Waals surface area contributed by atoms with Crippen molar-refractivity contribution < 1.29 is 80.4 Å². The number of pyridine rings is 4. The molecule has 4 heterocycles. The molecule has 4 radical (unpaired) electrons. The fraction of sp³-hybridized carbons (Fsp3) is 0.214. The van der Waals surface area contributed by atoms with Crippen LogP contribution < -0.4 is 0 Å². The summed E-state index contributed by atoms with van der Waals surface area (Å²) >= 11 is 0. The largest absolute Gasteiger partial charge is 0.305 e. The molecule has 0 amide bonds. The predicted molar refractivity (Wildman–Crippen MR) is 250 cm³/mol. The zero-order chi connectivity index (χ0) is 42.7. The van der Waals surface area contributed by atoms with E-state index in [1.165, 1.54) is 22.3 Å². The Labute approximate surface area is 437 Å². The summed E-state index contributed by atoms with van der Waals surface area (Å²) in [5.41, 5.74) is 15.5. The van der Waals surface area contributed by atoms with Gasteiger partial charge in [0.05, 0.1) is 0 Å². The number of rotatable bonds is 8. The van der Waals surface area contributed by atoms with Crippen LogP contribution in [0.4, 0.5) is 0 Å². The van der Waals surface area contributed by atoms with Crippen molar-refractivity contribution in [3.63, 3.8) is 0 Å². The van der Waals surface area contributed by atoms with Crippen molar-refractivity contribution in [1.82, 2.24) is 19.9 Å². The van der Waals surface area contributed by atoms with Gasteiger partial charge in [-0.3, -0.25) is 0 Å². The van der Waals surface area contributed by atoms with Gasteiger partial charge in [0.15, 0.2) is 0 Å². The smallest absolute Gasteiger partial charge is 0.0268 e. The van der Waals surface area contributed by atoms with Crippen molar-refractivity contribution in [2.75, 3.05) is 0 Å². The molecule has 8 aromatic rings. The minimum Gasteiger partial charge on any atom is -0.305 e. The topological polar surface area (TPSA) is 51.6 Å². The van der Waals surface area contributed by atoms with Crippen molar-refractivity contribution in [2.24, 2.45) is 11.8 Å². The van der Waals surface area contributed by atoms with Gasteiger partial charge in [-0.15, -0.1) is 143 Å². The van der Waals surface area contributed by atoms with Gasteiger partial charge in [-0.05, 0) is 92.0 Å². The second-order valence-electron chi connectivity index (χ2n) is 15.7. The summed E-state index contributed by atoms with van der Waals surface area (Å²) in [5.74, 6) is 1.35. The van der Waals surface area contributed by atoms with E-state index in [-0.39, 0.29) is 80.4 Å². The summed E-state index contributed by atoms with van der Waals surface area (Å²) in [6.45, 7) is 17.1. The maximum Gasteiger partial charge on any atom is 0.0268 e. The summed E-state index contributed by atoms with van der Waals surface area (Å²) < 4.78 is 0. The summed E-state index contributed by atoms with van der Waals surface area (Å²) in [4.78, 5) is 17.8. The Kier molecular flexibility index (Phi) is 28.2. The molecule has 4 nitrogen and oxygen atoms in total. The van der Waals surface area contributed by atoms with Crippen molar-refractivity contribution >= 4 is 0 Å². The van der Waals surface area contributed by atoms with Crippen LogP contribution in [-0.4, -0.2) is 19.9 Å². The number of hydrogen-bond donors (Lipinski definition) is 0. The zero-order valence-electron chi connectivity index (χ0n) is 37.7. The van der Waals surface area contributed by atoms with Gasteiger partial charge in [0.25, 0.3) is 0 Å². The Morgan fingerprint density at radius 3 is 1.48 bits per heavy atom. The van der Waals surface area contributed by atoms with Crippen LogP contribution in [-0.2, 0) is 93.3 Å². The molecular formula is C56H56Ir4N4-4. The fourth-order valence-corrected chi connectivity index (χ4v) is 6.45. The van der Waals surface area contributed by atoms with Crippen molar-refractivity contribution in [1.29, 1.82) is 0 Å². The van der Waals surface area contributed by atoms with Crippen LogP contribution >= 0.6 is 0 Å². The third-order valence-corrected chi connectivity index (χ3v) is 9.11. The first-order chi connectivity index (χ1) is 29.0. The van der Waals surface area contributed by atoms with Gasteiger partial charge in [0.2, 0.25) is 0 Å². The van der Waals surface area contributed by atoms with Crippen LogP contribution in [0.1, 0.15) is 61.3 Å². The van der Waals surface area contributed by atoms with E-state index in [0.717, 1.165) is 69.3 Å². The SMILES string of the molecule is CC(C)Cc1ccc(-c2[c-]cccc2)nc1.CC(C)Cc1ccnc(-c2[c-]cccc2)c1.Cc1cc(C)nc(-c2[c-]cccc2)c1.Cc1cc[c-]c(-c2cccc(C)n2)c1.[Ir].[Ir].[Ir].[Ir]. The molecule has 8 heteroatoms. The van der Waals surface area contributed by atoms with Gasteiger partial charge in [0, 0.05) is 104 Å². The summed E-state index contributed by atoms with van der Waals surface area (Å²) in [6, 6.07) is 61.3. The molecule has 0 fully saturated rings. The predicted octanol–water partition coefficient (Wildman–Crippen LogP) is 13.8. The molecule has 4 aromatic carbocycles. The molecule has 0 atom stereocenters. The molecule has 0 aliphatic rings. The van der Waals surface area contributed by atoms with Gasteiger partial charge in [-0.1, -0.05) is 82.1 Å². The Morgan fingerprint density at radius 2 is 0.969 bits per heavy atom. The molecule has 4 aromatic heterocycles. The first kappa shape index (κ1) is 58.1. The average Bonchev–Trinajstić information content (AvgIpc) is 3.25. The van der Waals surface area contributed by atoms with E-state index >= 15 is 0 Å². The van der Waals surface area contributed by atoms with Crippen LogP contribution in [0.2, 0.25) is 0 Å². The molecule has 0 aliphatic heterocycles. The second kappa shape index (κ2) is 31.1. The van der Waals surface area contributed by atoms with Crippen LogP contribution in [0, 0.1) is 63.8 Å². The molecule has 0 spiro atoms. The third-order valence-electron chi connectivity index (χ3n) is 9.11.